The van der Waals surface area contributed by atoms with E-state index in [-0.39, 0.29) is 18.4 Å². The van der Waals surface area contributed by atoms with E-state index in [0.717, 1.165) is 51.6 Å². The molecule has 0 saturated heterocycles. The van der Waals surface area contributed by atoms with Crippen molar-refractivity contribution in [2.24, 2.45) is 0 Å². The van der Waals surface area contributed by atoms with Gasteiger partial charge >= 0.3 is 0 Å². The average Bonchev–Trinajstić information content (AvgIpc) is 2.78. The van der Waals surface area contributed by atoms with Crippen LogP contribution < -0.4 is 10.6 Å². The highest BCUT2D eigenvalue weighted by Crippen LogP contribution is 2.07. The number of amides is 2. The lowest BCUT2D eigenvalue weighted by Crippen LogP contribution is -2.34. The second-order valence-corrected chi connectivity index (χ2v) is 9.01. The first kappa shape index (κ1) is 30.9. The summed E-state index contributed by atoms with van der Waals surface area (Å²) in [6.07, 6.45) is 17.4. The molecule has 0 spiro atoms. The largest absolute Gasteiger partial charge is 0.395 e. The molecule has 2 amide bonds. The van der Waals surface area contributed by atoms with Crippen LogP contribution in [0, 0.1) is 0 Å². The number of aliphatic hydroxyl groups excluding tert-OH is 1. The average molecular weight is 456 g/mol. The quantitative estimate of drug-likeness (QED) is 0.183. The maximum atomic E-state index is 11.9. The summed E-state index contributed by atoms with van der Waals surface area (Å²) in [6, 6.07) is 0. The molecule has 6 nitrogen and oxygen atoms in total. The molecule has 6 heteroatoms. The third kappa shape index (κ3) is 22.1. The van der Waals surface area contributed by atoms with Crippen molar-refractivity contribution in [3.63, 3.8) is 0 Å². The third-order valence-electron chi connectivity index (χ3n) is 5.88. The Morgan fingerprint density at radius 1 is 0.594 bits per heavy atom. The molecule has 0 aliphatic carbocycles. The fourth-order valence-corrected chi connectivity index (χ4v) is 3.85. The van der Waals surface area contributed by atoms with Gasteiger partial charge in [0.2, 0.25) is 11.8 Å². The normalized spacial score (nSPS) is 11.1. The van der Waals surface area contributed by atoms with E-state index in [2.05, 4.69) is 29.4 Å². The monoisotopic (exact) mass is 455 g/mol. The molecule has 0 aromatic heterocycles. The Bertz CT molecular complexity index is 397. The second kappa shape index (κ2) is 24.5. The second-order valence-electron chi connectivity index (χ2n) is 9.01. The van der Waals surface area contributed by atoms with Crippen LogP contribution in [0.3, 0.4) is 0 Å². The van der Waals surface area contributed by atoms with Gasteiger partial charge in [0.05, 0.1) is 6.61 Å². The van der Waals surface area contributed by atoms with Crippen LogP contribution in [0.25, 0.3) is 0 Å². The summed E-state index contributed by atoms with van der Waals surface area (Å²) >= 11 is 0. The van der Waals surface area contributed by atoms with E-state index in [1.54, 1.807) is 0 Å². The molecule has 0 radical (unpaired) electrons. The zero-order chi connectivity index (χ0) is 23.7. The van der Waals surface area contributed by atoms with Crippen LogP contribution in [-0.4, -0.2) is 61.2 Å². The Kier molecular flexibility index (Phi) is 23.6. The predicted octanol–water partition coefficient (Wildman–Crippen LogP) is 4.79. The molecule has 0 saturated carbocycles. The Morgan fingerprint density at radius 3 is 1.41 bits per heavy atom. The van der Waals surface area contributed by atoms with Crippen molar-refractivity contribution in [2.75, 3.05) is 39.3 Å². The van der Waals surface area contributed by atoms with Crippen LogP contribution in [0.4, 0.5) is 0 Å². The molecule has 0 bridgehead atoms. The minimum absolute atomic E-state index is 0.134. The van der Waals surface area contributed by atoms with Gasteiger partial charge in [0.15, 0.2) is 0 Å². The van der Waals surface area contributed by atoms with E-state index in [1.807, 2.05) is 0 Å². The van der Waals surface area contributed by atoms with Gasteiger partial charge < -0.3 is 20.6 Å². The molecule has 3 N–H and O–H groups in total. The molecule has 0 unspecified atom stereocenters. The van der Waals surface area contributed by atoms with E-state index in [0.29, 0.717) is 32.5 Å². The molecule has 0 atom stereocenters. The summed E-state index contributed by atoms with van der Waals surface area (Å²) in [5, 5.41) is 15.3. The van der Waals surface area contributed by atoms with Gasteiger partial charge in [-0.2, -0.15) is 0 Å². The molecule has 0 aromatic carbocycles. The topological polar surface area (TPSA) is 81.7 Å². The first-order valence-electron chi connectivity index (χ1n) is 13.5. The first-order chi connectivity index (χ1) is 15.6. The van der Waals surface area contributed by atoms with Gasteiger partial charge in [-0.3, -0.25) is 9.59 Å². The van der Waals surface area contributed by atoms with E-state index < -0.39 is 0 Å². The summed E-state index contributed by atoms with van der Waals surface area (Å²) in [5.41, 5.74) is 0. The molecule has 0 rings (SSSR count). The number of unbranched alkanes of at least 4 members (excludes halogenated alkanes) is 10. The zero-order valence-electron chi connectivity index (χ0n) is 21.3. The molecule has 0 heterocycles. The van der Waals surface area contributed by atoms with Crippen LogP contribution in [-0.2, 0) is 9.59 Å². The maximum absolute atomic E-state index is 11.9. The number of carbonyl (C=O) groups is 2. The lowest BCUT2D eigenvalue weighted by Gasteiger charge is -2.21. The van der Waals surface area contributed by atoms with Gasteiger partial charge in [0, 0.05) is 32.5 Å². The molecular weight excluding hydrogens is 402 g/mol. The summed E-state index contributed by atoms with van der Waals surface area (Å²) in [6.45, 7) is 8.27. The summed E-state index contributed by atoms with van der Waals surface area (Å²) in [4.78, 5) is 26.0. The van der Waals surface area contributed by atoms with E-state index in [1.165, 1.54) is 51.4 Å². The van der Waals surface area contributed by atoms with Crippen molar-refractivity contribution in [2.45, 2.75) is 117 Å². The number of nitrogens with zero attached hydrogens (tertiary/aromatic N) is 1. The Balaban J connectivity index is 3.68. The van der Waals surface area contributed by atoms with Crippen LogP contribution in [0.1, 0.15) is 117 Å². The molecular formula is C26H53N3O3. The highest BCUT2D eigenvalue weighted by molar-refractivity contribution is 5.76. The highest BCUT2D eigenvalue weighted by Gasteiger charge is 2.06. The Morgan fingerprint density at radius 2 is 1.00 bits per heavy atom. The van der Waals surface area contributed by atoms with Crippen LogP contribution in [0.2, 0.25) is 0 Å². The standard InChI is InChI=1S/C26H53N3O3/c1-3-5-7-9-11-13-17-25(31)27-19-15-21-29(23-24-30)22-16-20-28-26(32)18-14-12-10-8-6-4-2/h30H,3-24H2,1-2H3,(H,27,31)(H,28,32). The SMILES string of the molecule is CCCCCCCCC(=O)NCCCN(CCO)CCCNC(=O)CCCCCCCC. The molecule has 32 heavy (non-hydrogen) atoms. The molecule has 0 aliphatic rings. The zero-order valence-corrected chi connectivity index (χ0v) is 21.3. The van der Waals surface area contributed by atoms with Gasteiger partial charge in [-0.15, -0.1) is 0 Å². The Labute approximate surface area is 198 Å². The van der Waals surface area contributed by atoms with Gasteiger partial charge in [-0.1, -0.05) is 78.1 Å². The van der Waals surface area contributed by atoms with Crippen molar-refractivity contribution in [3.05, 3.63) is 0 Å². The van der Waals surface area contributed by atoms with Crippen molar-refractivity contribution < 1.29 is 14.7 Å². The number of hydrogen-bond donors (Lipinski definition) is 3. The number of hydrogen-bond acceptors (Lipinski definition) is 4. The summed E-state index contributed by atoms with van der Waals surface area (Å²) in [5.74, 6) is 0.310. The summed E-state index contributed by atoms with van der Waals surface area (Å²) < 4.78 is 0. The van der Waals surface area contributed by atoms with Crippen molar-refractivity contribution >= 4 is 11.8 Å². The van der Waals surface area contributed by atoms with E-state index in [4.69, 9.17) is 0 Å². The minimum Gasteiger partial charge on any atom is -0.395 e. The molecule has 0 fully saturated rings. The van der Waals surface area contributed by atoms with Crippen LogP contribution >= 0.6 is 0 Å². The number of aliphatic hydroxyl groups is 1. The fraction of sp³-hybridized carbons (Fsp3) is 0.923. The first-order valence-corrected chi connectivity index (χ1v) is 13.5. The molecule has 190 valence electrons. The minimum atomic E-state index is 0.134. The fourth-order valence-electron chi connectivity index (χ4n) is 3.85. The number of rotatable bonds is 24. The van der Waals surface area contributed by atoms with Crippen LogP contribution in [0.5, 0.6) is 0 Å². The number of carbonyl (C=O) groups excluding carboxylic acids is 2. The van der Waals surface area contributed by atoms with Gasteiger partial charge in [-0.05, 0) is 38.8 Å². The lowest BCUT2D eigenvalue weighted by atomic mass is 10.1. The predicted molar refractivity (Wildman–Crippen MR) is 135 cm³/mol. The van der Waals surface area contributed by atoms with E-state index in [9.17, 15) is 14.7 Å². The van der Waals surface area contributed by atoms with Crippen molar-refractivity contribution in [1.82, 2.24) is 15.5 Å². The summed E-state index contributed by atoms with van der Waals surface area (Å²) in [7, 11) is 0. The third-order valence-corrected chi connectivity index (χ3v) is 5.88. The van der Waals surface area contributed by atoms with E-state index >= 15 is 0 Å². The van der Waals surface area contributed by atoms with Crippen molar-refractivity contribution in [3.8, 4) is 0 Å². The van der Waals surface area contributed by atoms with Crippen LogP contribution in [0.15, 0.2) is 0 Å². The molecule has 0 aliphatic heterocycles. The molecule has 0 aromatic rings. The smallest absolute Gasteiger partial charge is 0.219 e. The van der Waals surface area contributed by atoms with Crippen molar-refractivity contribution in [1.29, 1.82) is 0 Å². The highest BCUT2D eigenvalue weighted by atomic mass is 16.3. The van der Waals surface area contributed by atoms with Gasteiger partial charge in [-0.25, -0.2) is 0 Å². The maximum Gasteiger partial charge on any atom is 0.219 e. The van der Waals surface area contributed by atoms with Gasteiger partial charge in [0.1, 0.15) is 0 Å². The Hall–Kier alpha value is -1.14. The van der Waals surface area contributed by atoms with Gasteiger partial charge in [0.25, 0.3) is 0 Å². The number of nitrogens with one attached hydrogen (secondary N) is 2. The lowest BCUT2D eigenvalue weighted by molar-refractivity contribution is -0.122.